The molecule has 1 fully saturated rings. The van der Waals surface area contributed by atoms with Gasteiger partial charge in [0.25, 0.3) is 5.91 Å². The first kappa shape index (κ1) is 17.3. The van der Waals surface area contributed by atoms with Crippen LogP contribution < -0.4 is 20.7 Å². The van der Waals surface area contributed by atoms with Crippen LogP contribution in [0.3, 0.4) is 0 Å². The fourth-order valence-electron chi connectivity index (χ4n) is 4.19. The molecule has 0 aliphatic carbocycles. The van der Waals surface area contributed by atoms with Gasteiger partial charge in [0.1, 0.15) is 15.5 Å². The summed E-state index contributed by atoms with van der Waals surface area (Å²) in [7, 11) is 0. The van der Waals surface area contributed by atoms with Crippen LogP contribution in [0.5, 0.6) is 5.75 Å². The molecule has 0 spiro atoms. The summed E-state index contributed by atoms with van der Waals surface area (Å²) in [6, 6.07) is 9.54. The van der Waals surface area contributed by atoms with Gasteiger partial charge in [0.2, 0.25) is 0 Å². The van der Waals surface area contributed by atoms with E-state index in [2.05, 4.69) is 16.3 Å². The number of ether oxygens (including phenoxy) is 1. The molecule has 3 N–H and O–H groups in total. The topological polar surface area (TPSA) is 80.5 Å². The highest BCUT2D eigenvalue weighted by molar-refractivity contribution is 7.21. The maximum atomic E-state index is 12.9. The smallest absolute Gasteiger partial charge is 0.268 e. The third-order valence-corrected chi connectivity index (χ3v) is 6.71. The quantitative estimate of drug-likeness (QED) is 0.692. The number of para-hydroxylation sites is 2. The average molecular weight is 395 g/mol. The molecule has 5 heterocycles. The van der Waals surface area contributed by atoms with Crippen LogP contribution in [0.2, 0.25) is 0 Å². The standard InChI is InChI=1S/C21H22N4O2S/c1-2-27-16-6-4-3-5-14(16)23-20(26)19-17(22)13-11-15-18(24-21(13)28-19)12-7-9-25(15)10-8-12/h3-6,11-12H,2,7-10,22H2,1H3,(H,23,26). The number of rotatable bonds is 4. The number of carbonyl (C=O) groups excluding carboxylic acids is 1. The third kappa shape index (κ3) is 2.69. The SMILES string of the molecule is CCOc1ccccc1NC(=O)c1sc2nc3c(cc2c1N)N1CCC3CC1. The van der Waals surface area contributed by atoms with Crippen molar-refractivity contribution < 1.29 is 9.53 Å². The molecular weight excluding hydrogens is 372 g/mol. The van der Waals surface area contributed by atoms with E-state index in [1.165, 1.54) is 22.7 Å². The van der Waals surface area contributed by atoms with Gasteiger partial charge in [-0.3, -0.25) is 4.79 Å². The normalized spacial score (nSPS) is 15.7. The highest BCUT2D eigenvalue weighted by atomic mass is 32.1. The van der Waals surface area contributed by atoms with Gasteiger partial charge in [-0.15, -0.1) is 11.3 Å². The number of nitrogens with two attached hydrogens (primary N) is 1. The number of amides is 1. The lowest BCUT2D eigenvalue weighted by atomic mass is 9.86. The fraction of sp³-hybridized carbons (Fsp3) is 0.333. The molecule has 6 nitrogen and oxygen atoms in total. The number of hydrogen-bond acceptors (Lipinski definition) is 6. The minimum absolute atomic E-state index is 0.228. The van der Waals surface area contributed by atoms with Gasteiger partial charge in [-0.2, -0.15) is 0 Å². The van der Waals surface area contributed by atoms with Crippen LogP contribution in [-0.4, -0.2) is 30.6 Å². The van der Waals surface area contributed by atoms with Crippen molar-refractivity contribution in [1.29, 1.82) is 0 Å². The number of pyridine rings is 1. The molecule has 7 heteroatoms. The zero-order chi connectivity index (χ0) is 19.3. The number of anilines is 3. The van der Waals surface area contributed by atoms with Crippen molar-refractivity contribution in [1.82, 2.24) is 4.98 Å². The summed E-state index contributed by atoms with van der Waals surface area (Å²) in [6.45, 7) is 4.61. The van der Waals surface area contributed by atoms with Crippen molar-refractivity contribution in [3.8, 4) is 5.75 Å². The van der Waals surface area contributed by atoms with Crippen molar-refractivity contribution in [2.24, 2.45) is 0 Å². The van der Waals surface area contributed by atoms with E-state index in [0.29, 0.717) is 34.5 Å². The van der Waals surface area contributed by atoms with Crippen LogP contribution in [0.15, 0.2) is 30.3 Å². The Hall–Kier alpha value is -2.80. The molecule has 3 aliphatic rings. The monoisotopic (exact) mass is 394 g/mol. The van der Waals surface area contributed by atoms with Gasteiger partial charge in [0, 0.05) is 24.4 Å². The van der Waals surface area contributed by atoms with Crippen LogP contribution in [0.1, 0.15) is 41.0 Å². The van der Waals surface area contributed by atoms with Crippen LogP contribution in [-0.2, 0) is 0 Å². The van der Waals surface area contributed by atoms with Crippen LogP contribution in [0.25, 0.3) is 10.2 Å². The van der Waals surface area contributed by atoms with Gasteiger partial charge in [0.15, 0.2) is 0 Å². The molecular formula is C21H22N4O2S. The number of fused-ring (bicyclic) bond motifs is 3. The number of nitrogens with zero attached hydrogens (tertiary/aromatic N) is 2. The Labute approximate surface area is 167 Å². The molecule has 3 aliphatic heterocycles. The van der Waals surface area contributed by atoms with E-state index in [1.54, 1.807) is 0 Å². The predicted octanol–water partition coefficient (Wildman–Crippen LogP) is 4.23. The minimum atomic E-state index is -0.228. The molecule has 1 amide bonds. The number of hydrogen-bond donors (Lipinski definition) is 2. The Bertz CT molecular complexity index is 1070. The summed E-state index contributed by atoms with van der Waals surface area (Å²) < 4.78 is 5.60. The van der Waals surface area contributed by atoms with E-state index in [1.807, 2.05) is 31.2 Å². The number of thiophene rings is 1. The summed E-state index contributed by atoms with van der Waals surface area (Å²) in [6.07, 6.45) is 2.32. The van der Waals surface area contributed by atoms with E-state index in [-0.39, 0.29) is 5.91 Å². The average Bonchev–Trinajstić information content (AvgIpc) is 3.05. The zero-order valence-corrected chi connectivity index (χ0v) is 16.5. The Kier molecular flexibility index (Phi) is 4.12. The van der Waals surface area contributed by atoms with Crippen LogP contribution in [0, 0.1) is 0 Å². The van der Waals surface area contributed by atoms with Gasteiger partial charge in [-0.1, -0.05) is 12.1 Å². The molecule has 1 aromatic carbocycles. The number of benzene rings is 1. The Balaban J connectivity index is 1.51. The predicted molar refractivity (Wildman–Crippen MR) is 114 cm³/mol. The van der Waals surface area contributed by atoms with Crippen LogP contribution >= 0.6 is 11.3 Å². The van der Waals surface area contributed by atoms with Crippen molar-refractivity contribution >= 4 is 44.5 Å². The fourth-order valence-corrected chi connectivity index (χ4v) is 5.17. The van der Waals surface area contributed by atoms with Crippen molar-refractivity contribution in [3.63, 3.8) is 0 Å². The highest BCUT2D eigenvalue weighted by Gasteiger charge is 2.33. The first-order valence-corrected chi connectivity index (χ1v) is 10.5. The zero-order valence-electron chi connectivity index (χ0n) is 15.7. The van der Waals surface area contributed by atoms with E-state index < -0.39 is 0 Å². The summed E-state index contributed by atoms with van der Waals surface area (Å²) in [5, 5.41) is 3.82. The summed E-state index contributed by atoms with van der Waals surface area (Å²) in [4.78, 5) is 21.6. The van der Waals surface area contributed by atoms with Gasteiger partial charge >= 0.3 is 0 Å². The number of carbonyl (C=O) groups is 1. The molecule has 2 aromatic heterocycles. The van der Waals surface area contributed by atoms with Crippen molar-refractivity contribution in [2.45, 2.75) is 25.7 Å². The maximum absolute atomic E-state index is 12.9. The Morgan fingerprint density at radius 2 is 2.14 bits per heavy atom. The molecule has 1 saturated heterocycles. The van der Waals surface area contributed by atoms with Gasteiger partial charge < -0.3 is 20.7 Å². The summed E-state index contributed by atoms with van der Waals surface area (Å²) in [5.41, 5.74) is 9.88. The molecule has 28 heavy (non-hydrogen) atoms. The first-order chi connectivity index (χ1) is 13.7. The summed E-state index contributed by atoms with van der Waals surface area (Å²) >= 11 is 1.36. The lowest BCUT2D eigenvalue weighted by molar-refractivity contribution is 0.103. The summed E-state index contributed by atoms with van der Waals surface area (Å²) in [5.74, 6) is 0.952. The largest absolute Gasteiger partial charge is 0.492 e. The Morgan fingerprint density at radius 1 is 1.36 bits per heavy atom. The second kappa shape index (κ2) is 6.67. The second-order valence-electron chi connectivity index (χ2n) is 7.23. The van der Waals surface area contributed by atoms with Crippen molar-refractivity contribution in [3.05, 3.63) is 40.9 Å². The molecule has 0 unspecified atom stereocenters. The first-order valence-electron chi connectivity index (χ1n) is 9.66. The molecule has 6 rings (SSSR count). The number of nitrogen functional groups attached to an aromatic ring is 1. The molecule has 144 valence electrons. The second-order valence-corrected chi connectivity index (χ2v) is 8.23. The van der Waals surface area contributed by atoms with E-state index in [4.69, 9.17) is 15.5 Å². The number of nitrogens with one attached hydrogen (secondary N) is 1. The van der Waals surface area contributed by atoms with Crippen LogP contribution in [0.4, 0.5) is 17.1 Å². The van der Waals surface area contributed by atoms with E-state index >= 15 is 0 Å². The number of piperidine rings is 1. The Morgan fingerprint density at radius 3 is 2.93 bits per heavy atom. The van der Waals surface area contributed by atoms with Gasteiger partial charge in [-0.05, 0) is 38.0 Å². The minimum Gasteiger partial charge on any atom is -0.492 e. The molecule has 0 radical (unpaired) electrons. The third-order valence-electron chi connectivity index (χ3n) is 5.59. The lowest BCUT2D eigenvalue weighted by Crippen LogP contribution is -2.39. The van der Waals surface area contributed by atoms with Crippen molar-refractivity contribution in [2.75, 3.05) is 35.6 Å². The van der Waals surface area contributed by atoms with Gasteiger partial charge in [-0.25, -0.2) is 4.98 Å². The van der Waals surface area contributed by atoms with E-state index in [9.17, 15) is 4.79 Å². The maximum Gasteiger partial charge on any atom is 0.268 e. The molecule has 3 aromatic rings. The lowest BCUT2D eigenvalue weighted by Gasteiger charge is -2.41. The number of aromatic nitrogens is 1. The highest BCUT2D eigenvalue weighted by Crippen LogP contribution is 2.45. The molecule has 2 bridgehead atoms. The molecule has 0 atom stereocenters. The molecule has 0 saturated carbocycles. The van der Waals surface area contributed by atoms with E-state index in [0.717, 1.165) is 36.1 Å². The van der Waals surface area contributed by atoms with Gasteiger partial charge in [0.05, 0.1) is 29.4 Å².